The summed E-state index contributed by atoms with van der Waals surface area (Å²) in [5.41, 5.74) is 1.17. The van der Waals surface area contributed by atoms with E-state index in [-0.39, 0.29) is 10.8 Å². The smallest absolute Gasteiger partial charge is 0.355 e. The third-order valence-corrected chi connectivity index (χ3v) is 5.13. The van der Waals surface area contributed by atoms with Gasteiger partial charge in [0.2, 0.25) is 0 Å². The molecule has 4 nitrogen and oxygen atoms in total. The zero-order chi connectivity index (χ0) is 16.4. The number of aryl methyl sites for hydroxylation is 1. The van der Waals surface area contributed by atoms with Crippen molar-refractivity contribution in [2.24, 2.45) is 0 Å². The number of imidazole rings is 1. The first kappa shape index (κ1) is 16.0. The highest BCUT2D eigenvalue weighted by atomic mass is 35.5. The van der Waals surface area contributed by atoms with Crippen LogP contribution in [0.15, 0.2) is 29.6 Å². The number of fused-ring (bicyclic) bond motifs is 1. The Morgan fingerprint density at radius 3 is 2.91 bits per heavy atom. The molecule has 0 saturated carbocycles. The lowest BCUT2D eigenvalue weighted by Crippen LogP contribution is -2.12. The van der Waals surface area contributed by atoms with Crippen LogP contribution in [-0.4, -0.2) is 20.6 Å². The van der Waals surface area contributed by atoms with Crippen LogP contribution < -0.4 is 0 Å². The van der Waals surface area contributed by atoms with E-state index in [2.05, 4.69) is 29.4 Å². The van der Waals surface area contributed by atoms with Crippen molar-refractivity contribution in [3.05, 3.63) is 51.9 Å². The minimum atomic E-state index is -1.04. The first-order chi connectivity index (χ1) is 11.1. The fourth-order valence-corrected chi connectivity index (χ4v) is 3.93. The summed E-state index contributed by atoms with van der Waals surface area (Å²) in [6.07, 6.45) is 2.70. The van der Waals surface area contributed by atoms with Crippen LogP contribution in [-0.2, 0) is 13.0 Å². The van der Waals surface area contributed by atoms with Gasteiger partial charge >= 0.3 is 5.97 Å². The molecule has 0 bridgehead atoms. The third kappa shape index (κ3) is 3.12. The minimum absolute atomic E-state index is 0.0724. The number of carboxylic acids is 1. The molecule has 3 rings (SSSR count). The van der Waals surface area contributed by atoms with Gasteiger partial charge in [0.1, 0.15) is 5.82 Å². The number of benzene rings is 1. The molecule has 0 unspecified atom stereocenters. The molecule has 0 amide bonds. The summed E-state index contributed by atoms with van der Waals surface area (Å²) >= 11 is 7.74. The molecule has 2 heterocycles. The molecule has 23 heavy (non-hydrogen) atoms. The van der Waals surface area contributed by atoms with Crippen molar-refractivity contribution >= 4 is 39.0 Å². The monoisotopic (exact) mass is 348 g/mol. The number of thiophene rings is 1. The molecule has 0 aliphatic rings. The second-order valence-corrected chi connectivity index (χ2v) is 6.69. The Kier molecular flexibility index (Phi) is 4.68. The fraction of sp³-hybridized carbons (Fsp3) is 0.294. The molecule has 0 atom stereocenters. The number of unbranched alkanes of at least 4 members (excludes halogenated alkanes) is 1. The summed E-state index contributed by atoms with van der Waals surface area (Å²) in [6, 6.07) is 8.13. The highest BCUT2D eigenvalue weighted by molar-refractivity contribution is 7.17. The van der Waals surface area contributed by atoms with E-state index in [0.717, 1.165) is 36.0 Å². The average Bonchev–Trinajstić information content (AvgIpc) is 3.07. The summed E-state index contributed by atoms with van der Waals surface area (Å²) in [6.45, 7) is 2.57. The van der Waals surface area contributed by atoms with E-state index in [9.17, 15) is 9.90 Å². The van der Waals surface area contributed by atoms with Gasteiger partial charge in [0, 0.05) is 11.1 Å². The van der Waals surface area contributed by atoms with Crippen molar-refractivity contribution in [2.75, 3.05) is 0 Å². The third-order valence-electron chi connectivity index (χ3n) is 3.85. The molecule has 0 fully saturated rings. The molecule has 120 valence electrons. The highest BCUT2D eigenvalue weighted by Gasteiger charge is 2.22. The Balaban J connectivity index is 2.05. The molecule has 1 aromatic carbocycles. The van der Waals surface area contributed by atoms with Crippen LogP contribution in [0.25, 0.3) is 10.1 Å². The molecule has 3 aromatic rings. The molecule has 0 saturated heterocycles. The van der Waals surface area contributed by atoms with Gasteiger partial charge in [-0.2, -0.15) is 0 Å². The van der Waals surface area contributed by atoms with Crippen molar-refractivity contribution in [3.8, 4) is 0 Å². The first-order valence-electron chi connectivity index (χ1n) is 7.55. The van der Waals surface area contributed by atoms with Crippen LogP contribution in [0.4, 0.5) is 0 Å². The van der Waals surface area contributed by atoms with Gasteiger partial charge in [0.05, 0.1) is 6.54 Å². The number of halogens is 1. The van der Waals surface area contributed by atoms with Crippen molar-refractivity contribution in [3.63, 3.8) is 0 Å². The quantitative estimate of drug-likeness (QED) is 0.693. The SMILES string of the molecule is CCCCc1nc(Cl)c(C(=O)O)n1Cc1csc2ccccc12. The zero-order valence-corrected chi connectivity index (χ0v) is 14.3. The van der Waals surface area contributed by atoms with Gasteiger partial charge < -0.3 is 9.67 Å². The topological polar surface area (TPSA) is 55.1 Å². The van der Waals surface area contributed by atoms with Crippen LogP contribution in [0.2, 0.25) is 5.15 Å². The second kappa shape index (κ2) is 6.72. The number of carboxylic acid groups (broad SMARTS) is 1. The summed E-state index contributed by atoms with van der Waals surface area (Å²) in [7, 11) is 0. The van der Waals surface area contributed by atoms with E-state index in [4.69, 9.17) is 11.6 Å². The Hall–Kier alpha value is -1.85. The summed E-state index contributed by atoms with van der Waals surface area (Å²) in [4.78, 5) is 15.9. The molecule has 0 spiro atoms. The van der Waals surface area contributed by atoms with Crippen LogP contribution in [0.5, 0.6) is 0 Å². The number of nitrogens with zero attached hydrogens (tertiary/aromatic N) is 2. The molecule has 0 aliphatic carbocycles. The molecular weight excluding hydrogens is 332 g/mol. The fourth-order valence-electron chi connectivity index (χ4n) is 2.69. The lowest BCUT2D eigenvalue weighted by Gasteiger charge is -2.09. The largest absolute Gasteiger partial charge is 0.476 e. The van der Waals surface area contributed by atoms with Crippen molar-refractivity contribution in [1.82, 2.24) is 9.55 Å². The van der Waals surface area contributed by atoms with E-state index in [0.29, 0.717) is 6.54 Å². The average molecular weight is 349 g/mol. The van der Waals surface area contributed by atoms with E-state index < -0.39 is 5.97 Å². The van der Waals surface area contributed by atoms with Gasteiger partial charge in [-0.15, -0.1) is 11.3 Å². The Labute approximate surface area is 143 Å². The normalized spacial score (nSPS) is 11.2. The summed E-state index contributed by atoms with van der Waals surface area (Å²) < 4.78 is 2.94. The van der Waals surface area contributed by atoms with Gasteiger partial charge in [-0.05, 0) is 28.8 Å². The molecule has 0 radical (unpaired) electrons. The Bertz CT molecular complexity index is 854. The maximum atomic E-state index is 11.6. The predicted octanol–water partition coefficient (Wildman–Crippen LogP) is 4.84. The van der Waals surface area contributed by atoms with Crippen LogP contribution in [0.3, 0.4) is 0 Å². The number of aromatic carboxylic acids is 1. The first-order valence-corrected chi connectivity index (χ1v) is 8.81. The number of hydrogen-bond donors (Lipinski definition) is 1. The Morgan fingerprint density at radius 1 is 1.39 bits per heavy atom. The van der Waals surface area contributed by atoms with Crippen LogP contribution in [0.1, 0.15) is 41.6 Å². The van der Waals surface area contributed by atoms with E-state index in [1.807, 2.05) is 12.1 Å². The highest BCUT2D eigenvalue weighted by Crippen LogP contribution is 2.28. The van der Waals surface area contributed by atoms with Gasteiger partial charge in [-0.3, -0.25) is 0 Å². The van der Waals surface area contributed by atoms with Gasteiger partial charge in [0.15, 0.2) is 10.8 Å². The van der Waals surface area contributed by atoms with Gasteiger partial charge in [-0.25, -0.2) is 9.78 Å². The standard InChI is InChI=1S/C17H17ClN2O2S/c1-2-3-8-14-19-16(18)15(17(21)22)20(14)9-11-10-23-13-7-5-4-6-12(11)13/h4-7,10H,2-3,8-9H2,1H3,(H,21,22). The van der Waals surface area contributed by atoms with Gasteiger partial charge in [0.25, 0.3) is 0 Å². The van der Waals surface area contributed by atoms with E-state index >= 15 is 0 Å². The Morgan fingerprint density at radius 2 is 2.17 bits per heavy atom. The van der Waals surface area contributed by atoms with E-state index in [1.54, 1.807) is 15.9 Å². The predicted molar refractivity (Wildman–Crippen MR) is 93.7 cm³/mol. The molecular formula is C17H17ClN2O2S. The van der Waals surface area contributed by atoms with Crippen LogP contribution >= 0.6 is 22.9 Å². The maximum Gasteiger partial charge on any atom is 0.355 e. The van der Waals surface area contributed by atoms with Gasteiger partial charge in [-0.1, -0.05) is 43.1 Å². The lowest BCUT2D eigenvalue weighted by atomic mass is 10.1. The molecule has 2 aromatic heterocycles. The number of aromatic nitrogens is 2. The molecule has 6 heteroatoms. The maximum absolute atomic E-state index is 11.6. The van der Waals surface area contributed by atoms with Crippen molar-refractivity contribution in [2.45, 2.75) is 32.7 Å². The minimum Gasteiger partial charge on any atom is -0.476 e. The number of rotatable bonds is 6. The number of carbonyl (C=O) groups is 1. The number of hydrogen-bond acceptors (Lipinski definition) is 3. The zero-order valence-electron chi connectivity index (χ0n) is 12.8. The van der Waals surface area contributed by atoms with Crippen molar-refractivity contribution < 1.29 is 9.90 Å². The summed E-state index contributed by atoms with van der Waals surface area (Å²) in [5.74, 6) is -0.297. The molecule has 1 N–H and O–H groups in total. The second-order valence-electron chi connectivity index (χ2n) is 5.42. The lowest BCUT2D eigenvalue weighted by molar-refractivity contribution is 0.0685. The van der Waals surface area contributed by atoms with E-state index in [1.165, 1.54) is 4.70 Å². The van der Waals surface area contributed by atoms with Crippen LogP contribution in [0, 0.1) is 0 Å². The van der Waals surface area contributed by atoms with Crippen molar-refractivity contribution in [1.29, 1.82) is 0 Å². The molecule has 0 aliphatic heterocycles. The summed E-state index contributed by atoms with van der Waals surface area (Å²) in [5, 5.41) is 12.8.